The average molecular weight is 534 g/mol. The van der Waals surface area contributed by atoms with E-state index in [0.717, 1.165) is 0 Å². The molecule has 0 aromatic carbocycles. The van der Waals surface area contributed by atoms with E-state index < -0.39 is 0 Å². The highest BCUT2D eigenvalue weighted by molar-refractivity contribution is 6.41. The van der Waals surface area contributed by atoms with Gasteiger partial charge in [-0.25, -0.2) is 19.9 Å². The Morgan fingerprint density at radius 1 is 0.848 bits per heavy atom. The van der Waals surface area contributed by atoms with Crippen LogP contribution in [0.3, 0.4) is 0 Å². The summed E-state index contributed by atoms with van der Waals surface area (Å²) < 4.78 is 10.3. The number of pyridine rings is 2. The van der Waals surface area contributed by atoms with Crippen molar-refractivity contribution in [1.29, 1.82) is 0 Å². The van der Waals surface area contributed by atoms with E-state index in [9.17, 15) is 4.79 Å². The van der Waals surface area contributed by atoms with Gasteiger partial charge in [0.25, 0.3) is 0 Å². The predicted molar refractivity (Wildman–Crippen MR) is 129 cm³/mol. The minimum Gasteiger partial charge on any atom is -0.443 e. The highest BCUT2D eigenvalue weighted by Crippen LogP contribution is 2.29. The molecule has 1 N–H and O–H groups in total. The van der Waals surface area contributed by atoms with Crippen LogP contribution in [0.2, 0.25) is 20.4 Å². The van der Waals surface area contributed by atoms with Crippen molar-refractivity contribution in [2.75, 3.05) is 0 Å². The molecule has 4 heterocycles. The smallest absolute Gasteiger partial charge is 0.182 e. The summed E-state index contributed by atoms with van der Waals surface area (Å²) >= 11 is 23.0. The zero-order valence-electron chi connectivity index (χ0n) is 15.6. The Morgan fingerprint density at radius 2 is 1.33 bits per heavy atom. The lowest BCUT2D eigenvalue weighted by molar-refractivity contribution is 0.101. The fourth-order valence-corrected chi connectivity index (χ4v) is 2.95. The van der Waals surface area contributed by atoms with Crippen molar-refractivity contribution >= 4 is 52.2 Å². The lowest BCUT2D eigenvalue weighted by Crippen LogP contribution is -1.95. The molecule has 0 atom stereocenters. The standard InChI is InChI=1S/C10H6Cl2N2O2.C9H6Cl2N2O2.2CH4/c1-5(15)8-9(16-4-14-8)6-2-7(11)10(12)13-3-6;10-6-1-5(2-12-9(6)11)8-7(3-14)13-4-15-8;;/h2-4H,1H3;1-2,4,14H,3H2;2*1H4. The summed E-state index contributed by atoms with van der Waals surface area (Å²) in [6.45, 7) is 1.21. The van der Waals surface area contributed by atoms with Crippen LogP contribution in [0, 0.1) is 0 Å². The number of ketones is 1. The van der Waals surface area contributed by atoms with Gasteiger partial charge in [0, 0.05) is 30.4 Å². The maximum Gasteiger partial charge on any atom is 0.182 e. The molecule has 0 bridgehead atoms. The maximum atomic E-state index is 11.3. The van der Waals surface area contributed by atoms with Gasteiger partial charge in [-0.3, -0.25) is 4.79 Å². The Balaban J connectivity index is 0.000000312. The van der Waals surface area contributed by atoms with Crippen LogP contribution < -0.4 is 0 Å². The van der Waals surface area contributed by atoms with Gasteiger partial charge in [-0.05, 0) is 12.1 Å². The Bertz CT molecular complexity index is 1230. The zero-order valence-corrected chi connectivity index (χ0v) is 18.7. The van der Waals surface area contributed by atoms with E-state index in [1.807, 2.05) is 0 Å². The quantitative estimate of drug-likeness (QED) is 0.219. The number of nitrogens with zero attached hydrogens (tertiary/aromatic N) is 4. The van der Waals surface area contributed by atoms with Gasteiger partial charge in [0.05, 0.1) is 16.7 Å². The minimum absolute atomic E-state index is 0. The normalized spacial score (nSPS) is 9.88. The summed E-state index contributed by atoms with van der Waals surface area (Å²) in [5.74, 6) is 0.608. The lowest BCUT2D eigenvalue weighted by Gasteiger charge is -2.00. The van der Waals surface area contributed by atoms with Crippen LogP contribution >= 0.6 is 46.4 Å². The third-order valence-electron chi connectivity index (χ3n) is 3.81. The molecule has 0 radical (unpaired) electrons. The minimum atomic E-state index is -0.202. The van der Waals surface area contributed by atoms with Crippen LogP contribution in [-0.4, -0.2) is 30.8 Å². The summed E-state index contributed by atoms with van der Waals surface area (Å²) in [6, 6.07) is 3.18. The molecule has 0 unspecified atom stereocenters. The van der Waals surface area contributed by atoms with E-state index in [1.165, 1.54) is 32.1 Å². The van der Waals surface area contributed by atoms with Crippen molar-refractivity contribution < 1.29 is 18.7 Å². The van der Waals surface area contributed by atoms with E-state index in [4.69, 9.17) is 60.3 Å². The van der Waals surface area contributed by atoms with Crippen LogP contribution in [0.5, 0.6) is 0 Å². The van der Waals surface area contributed by atoms with E-state index in [-0.39, 0.29) is 43.2 Å². The molecule has 0 spiro atoms. The molecule has 4 aromatic rings. The van der Waals surface area contributed by atoms with Crippen LogP contribution in [0.25, 0.3) is 22.6 Å². The highest BCUT2D eigenvalue weighted by atomic mass is 35.5. The van der Waals surface area contributed by atoms with Gasteiger partial charge < -0.3 is 13.9 Å². The molecular formula is C21H20Cl4N4O4. The number of oxazole rings is 2. The van der Waals surface area contributed by atoms with Gasteiger partial charge in [0.2, 0.25) is 0 Å². The van der Waals surface area contributed by atoms with E-state index >= 15 is 0 Å². The Morgan fingerprint density at radius 3 is 1.82 bits per heavy atom. The Labute approximate surface area is 210 Å². The highest BCUT2D eigenvalue weighted by Gasteiger charge is 2.16. The van der Waals surface area contributed by atoms with Crippen molar-refractivity contribution in [2.45, 2.75) is 28.4 Å². The van der Waals surface area contributed by atoms with E-state index in [2.05, 4.69) is 19.9 Å². The van der Waals surface area contributed by atoms with Gasteiger partial charge in [-0.1, -0.05) is 61.3 Å². The van der Waals surface area contributed by atoms with Gasteiger partial charge in [0.1, 0.15) is 16.0 Å². The summed E-state index contributed by atoms with van der Waals surface area (Å²) in [4.78, 5) is 26.7. The molecule has 0 aliphatic rings. The van der Waals surface area contributed by atoms with Crippen molar-refractivity contribution in [3.63, 3.8) is 0 Å². The Hall–Kier alpha value is -2.49. The van der Waals surface area contributed by atoms with Gasteiger partial charge in [0.15, 0.2) is 35.8 Å². The molecule has 0 fully saturated rings. The number of Topliss-reactive ketones (excluding diaryl/α,β-unsaturated/α-hetero) is 1. The van der Waals surface area contributed by atoms with Gasteiger partial charge in [-0.15, -0.1) is 0 Å². The van der Waals surface area contributed by atoms with Crippen LogP contribution in [0.4, 0.5) is 0 Å². The lowest BCUT2D eigenvalue weighted by atomic mass is 10.1. The van der Waals surface area contributed by atoms with E-state index in [0.29, 0.717) is 38.4 Å². The molecule has 12 heteroatoms. The number of aliphatic hydroxyl groups is 1. The van der Waals surface area contributed by atoms with Crippen LogP contribution in [0.15, 0.2) is 46.1 Å². The van der Waals surface area contributed by atoms with Crippen LogP contribution in [-0.2, 0) is 6.61 Å². The SMILES string of the molecule is C.C.CC(=O)c1ncoc1-c1cnc(Cl)c(Cl)c1.OCc1ncoc1-c1cnc(Cl)c(Cl)c1. The van der Waals surface area contributed by atoms with Crippen molar-refractivity contribution in [3.8, 4) is 22.6 Å². The first-order valence-electron chi connectivity index (χ1n) is 8.42. The second kappa shape index (κ2) is 12.7. The first kappa shape index (κ1) is 28.5. The topological polar surface area (TPSA) is 115 Å². The molecular weight excluding hydrogens is 514 g/mol. The number of halogens is 4. The molecule has 4 aromatic heterocycles. The predicted octanol–water partition coefficient (Wildman–Crippen LogP) is 7.05. The van der Waals surface area contributed by atoms with Crippen molar-refractivity contribution in [3.05, 3.63) is 69.1 Å². The molecule has 0 aliphatic carbocycles. The van der Waals surface area contributed by atoms with Crippen LogP contribution in [0.1, 0.15) is 38.0 Å². The molecule has 0 aliphatic heterocycles. The molecule has 8 nitrogen and oxygen atoms in total. The molecule has 0 saturated heterocycles. The second-order valence-electron chi connectivity index (χ2n) is 5.87. The summed E-state index contributed by atoms with van der Waals surface area (Å²) in [7, 11) is 0. The number of carbonyl (C=O) groups excluding carboxylic acids is 1. The van der Waals surface area contributed by atoms with Crippen molar-refractivity contribution in [2.24, 2.45) is 0 Å². The fraction of sp³-hybridized carbons (Fsp3) is 0.190. The zero-order chi connectivity index (χ0) is 22.5. The number of aromatic nitrogens is 4. The molecule has 0 amide bonds. The fourth-order valence-electron chi connectivity index (χ4n) is 2.41. The number of aliphatic hydroxyl groups excluding tert-OH is 1. The molecule has 4 rings (SSSR count). The number of carbonyl (C=O) groups is 1. The Kier molecular flexibility index (Phi) is 11.0. The summed E-state index contributed by atoms with van der Waals surface area (Å²) in [6.07, 6.45) is 5.44. The first-order chi connectivity index (χ1) is 14.8. The van der Waals surface area contributed by atoms with E-state index in [1.54, 1.807) is 12.1 Å². The molecule has 0 saturated carbocycles. The second-order valence-corrected chi connectivity index (χ2v) is 7.40. The number of hydrogen-bond donors (Lipinski definition) is 1. The molecule has 33 heavy (non-hydrogen) atoms. The summed E-state index contributed by atoms with van der Waals surface area (Å²) in [5.41, 5.74) is 1.89. The largest absolute Gasteiger partial charge is 0.443 e. The number of hydrogen-bond acceptors (Lipinski definition) is 8. The average Bonchev–Trinajstić information content (AvgIpc) is 3.42. The maximum absolute atomic E-state index is 11.3. The summed E-state index contributed by atoms with van der Waals surface area (Å²) in [5, 5.41) is 10.0. The third kappa shape index (κ3) is 6.75. The van der Waals surface area contributed by atoms with Crippen molar-refractivity contribution in [1.82, 2.24) is 19.9 Å². The molecule has 176 valence electrons. The first-order valence-corrected chi connectivity index (χ1v) is 9.93. The number of rotatable bonds is 4. The third-order valence-corrected chi connectivity index (χ3v) is 5.18. The van der Waals surface area contributed by atoms with Gasteiger partial charge >= 0.3 is 0 Å². The monoisotopic (exact) mass is 532 g/mol. The van der Waals surface area contributed by atoms with Gasteiger partial charge in [-0.2, -0.15) is 0 Å².